The van der Waals surface area contributed by atoms with Crippen LogP contribution < -0.4 is 9.47 Å². The zero-order valence-corrected chi connectivity index (χ0v) is 16.4. The van der Waals surface area contributed by atoms with Crippen molar-refractivity contribution in [1.82, 2.24) is 14.7 Å². The minimum atomic E-state index is 0.203. The largest absolute Gasteiger partial charge is 0.454 e. The van der Waals surface area contributed by atoms with Crippen LogP contribution in [0.4, 0.5) is 0 Å². The van der Waals surface area contributed by atoms with Gasteiger partial charge in [0, 0.05) is 44.1 Å². The van der Waals surface area contributed by atoms with Gasteiger partial charge in [0.25, 0.3) is 0 Å². The van der Waals surface area contributed by atoms with Gasteiger partial charge in [0.15, 0.2) is 11.5 Å². The van der Waals surface area contributed by atoms with E-state index >= 15 is 0 Å². The standard InChI is InChI=1S/C20H25N3O3S/c1-21(12-16-4-5-18-19(11-16)26-15-25-18)14-20(24)23-8-6-22(7-9-23)13-17-3-2-10-27-17/h2-5,10-11H,6-9,12-15H2,1H3. The molecule has 6 nitrogen and oxygen atoms in total. The number of likely N-dealkylation sites (N-methyl/N-ethyl adjacent to an activating group) is 1. The van der Waals surface area contributed by atoms with Crippen molar-refractivity contribution in [2.24, 2.45) is 0 Å². The fraction of sp³-hybridized carbons (Fsp3) is 0.450. The Labute approximate surface area is 163 Å². The fourth-order valence-corrected chi connectivity index (χ4v) is 4.26. The first-order valence-electron chi connectivity index (χ1n) is 9.27. The fourth-order valence-electron chi connectivity index (χ4n) is 3.52. The number of carbonyl (C=O) groups excluding carboxylic acids is 1. The van der Waals surface area contributed by atoms with Crippen molar-refractivity contribution in [1.29, 1.82) is 0 Å². The molecule has 2 aliphatic heterocycles. The van der Waals surface area contributed by atoms with Gasteiger partial charge in [0.05, 0.1) is 6.54 Å². The lowest BCUT2D eigenvalue weighted by molar-refractivity contribution is -0.134. The predicted octanol–water partition coefficient (Wildman–Crippen LogP) is 2.25. The molecule has 1 aromatic heterocycles. The van der Waals surface area contributed by atoms with E-state index in [-0.39, 0.29) is 12.7 Å². The molecule has 1 aromatic carbocycles. The maximum Gasteiger partial charge on any atom is 0.236 e. The summed E-state index contributed by atoms with van der Waals surface area (Å²) >= 11 is 1.79. The maximum atomic E-state index is 12.6. The van der Waals surface area contributed by atoms with Crippen LogP contribution in [0, 0.1) is 0 Å². The molecular formula is C20H25N3O3S. The third-order valence-corrected chi connectivity index (χ3v) is 5.84. The molecule has 27 heavy (non-hydrogen) atoms. The Kier molecular flexibility index (Phi) is 5.61. The Morgan fingerprint density at radius 2 is 1.96 bits per heavy atom. The van der Waals surface area contributed by atoms with Crippen molar-refractivity contribution >= 4 is 17.2 Å². The van der Waals surface area contributed by atoms with Crippen LogP contribution in [0.15, 0.2) is 35.7 Å². The van der Waals surface area contributed by atoms with Crippen molar-refractivity contribution in [3.05, 3.63) is 46.2 Å². The smallest absolute Gasteiger partial charge is 0.236 e. The zero-order valence-electron chi connectivity index (χ0n) is 15.6. The molecule has 0 aliphatic carbocycles. The van der Waals surface area contributed by atoms with E-state index in [4.69, 9.17) is 9.47 Å². The molecule has 2 aromatic rings. The van der Waals surface area contributed by atoms with Gasteiger partial charge in [-0.1, -0.05) is 12.1 Å². The SMILES string of the molecule is CN(CC(=O)N1CCN(Cc2cccs2)CC1)Cc1ccc2c(c1)OCO2. The summed E-state index contributed by atoms with van der Waals surface area (Å²) in [6, 6.07) is 10.2. The Morgan fingerprint density at radius 1 is 1.15 bits per heavy atom. The minimum Gasteiger partial charge on any atom is -0.454 e. The topological polar surface area (TPSA) is 45.3 Å². The van der Waals surface area contributed by atoms with E-state index in [1.165, 1.54) is 4.88 Å². The van der Waals surface area contributed by atoms with Crippen LogP contribution in [0.2, 0.25) is 0 Å². The third-order valence-electron chi connectivity index (χ3n) is 4.98. The lowest BCUT2D eigenvalue weighted by Crippen LogP contribution is -2.50. The van der Waals surface area contributed by atoms with Crippen LogP contribution in [0.25, 0.3) is 0 Å². The normalized spacial score (nSPS) is 16.9. The van der Waals surface area contributed by atoms with Crippen molar-refractivity contribution < 1.29 is 14.3 Å². The van der Waals surface area contributed by atoms with E-state index < -0.39 is 0 Å². The number of piperazine rings is 1. The molecule has 7 heteroatoms. The van der Waals surface area contributed by atoms with E-state index in [9.17, 15) is 4.79 Å². The van der Waals surface area contributed by atoms with E-state index in [2.05, 4.69) is 27.3 Å². The van der Waals surface area contributed by atoms with Crippen LogP contribution in [0.5, 0.6) is 11.5 Å². The van der Waals surface area contributed by atoms with Crippen molar-refractivity contribution in [2.45, 2.75) is 13.1 Å². The van der Waals surface area contributed by atoms with E-state index in [1.807, 2.05) is 30.1 Å². The Hall–Kier alpha value is -2.09. The van der Waals surface area contributed by atoms with Gasteiger partial charge in [-0.25, -0.2) is 0 Å². The molecule has 2 aliphatic rings. The molecule has 0 spiro atoms. The second-order valence-electron chi connectivity index (χ2n) is 7.10. The molecule has 1 saturated heterocycles. The van der Waals surface area contributed by atoms with Gasteiger partial charge < -0.3 is 14.4 Å². The Morgan fingerprint density at radius 3 is 2.74 bits per heavy atom. The molecule has 0 unspecified atom stereocenters. The van der Waals surface area contributed by atoms with E-state index in [1.54, 1.807) is 11.3 Å². The average Bonchev–Trinajstić information content (AvgIpc) is 3.33. The Balaban J connectivity index is 1.23. The van der Waals surface area contributed by atoms with Gasteiger partial charge in [0.1, 0.15) is 0 Å². The first kappa shape index (κ1) is 18.3. The summed E-state index contributed by atoms with van der Waals surface area (Å²) < 4.78 is 10.8. The molecule has 1 amide bonds. The quantitative estimate of drug-likeness (QED) is 0.761. The molecule has 144 valence electrons. The highest BCUT2D eigenvalue weighted by Gasteiger charge is 2.22. The van der Waals surface area contributed by atoms with Crippen LogP contribution in [0.1, 0.15) is 10.4 Å². The summed E-state index contributed by atoms with van der Waals surface area (Å²) in [7, 11) is 1.98. The lowest BCUT2D eigenvalue weighted by atomic mass is 10.2. The summed E-state index contributed by atoms with van der Waals surface area (Å²) in [4.78, 5) is 20.5. The number of hydrogen-bond donors (Lipinski definition) is 0. The second kappa shape index (κ2) is 8.29. The van der Waals surface area contributed by atoms with Crippen molar-refractivity contribution in [2.75, 3.05) is 46.6 Å². The van der Waals surface area contributed by atoms with Gasteiger partial charge in [-0.05, 0) is 36.2 Å². The number of rotatable bonds is 6. The number of amides is 1. The second-order valence-corrected chi connectivity index (χ2v) is 8.13. The summed E-state index contributed by atoms with van der Waals surface area (Å²) in [5, 5.41) is 2.12. The van der Waals surface area contributed by atoms with Gasteiger partial charge in [-0.2, -0.15) is 0 Å². The van der Waals surface area contributed by atoms with Gasteiger partial charge in [-0.3, -0.25) is 14.6 Å². The maximum absolute atomic E-state index is 12.6. The molecule has 0 atom stereocenters. The monoisotopic (exact) mass is 387 g/mol. The average molecular weight is 388 g/mol. The highest BCUT2D eigenvalue weighted by atomic mass is 32.1. The molecular weight excluding hydrogens is 362 g/mol. The number of hydrogen-bond acceptors (Lipinski definition) is 6. The summed E-state index contributed by atoms with van der Waals surface area (Å²) in [6.45, 7) is 5.91. The number of thiophene rings is 1. The number of benzene rings is 1. The summed E-state index contributed by atoms with van der Waals surface area (Å²) in [5.41, 5.74) is 1.12. The molecule has 0 bridgehead atoms. The first-order chi connectivity index (χ1) is 13.2. The van der Waals surface area contributed by atoms with Gasteiger partial charge in [-0.15, -0.1) is 11.3 Å². The molecule has 0 N–H and O–H groups in total. The van der Waals surface area contributed by atoms with Crippen LogP contribution in [-0.4, -0.2) is 67.2 Å². The molecule has 4 rings (SSSR count). The van der Waals surface area contributed by atoms with E-state index in [0.717, 1.165) is 49.8 Å². The highest BCUT2D eigenvalue weighted by Crippen LogP contribution is 2.32. The number of carbonyl (C=O) groups is 1. The zero-order chi connectivity index (χ0) is 18.6. The Bertz CT molecular complexity index is 773. The molecule has 0 radical (unpaired) electrons. The summed E-state index contributed by atoms with van der Waals surface area (Å²) in [5.74, 6) is 1.78. The van der Waals surface area contributed by atoms with Crippen LogP contribution in [0.3, 0.4) is 0 Å². The number of fused-ring (bicyclic) bond motifs is 1. The van der Waals surface area contributed by atoms with E-state index in [0.29, 0.717) is 13.1 Å². The molecule has 3 heterocycles. The number of ether oxygens (including phenoxy) is 2. The predicted molar refractivity (Wildman–Crippen MR) is 105 cm³/mol. The first-order valence-corrected chi connectivity index (χ1v) is 10.1. The van der Waals surface area contributed by atoms with Gasteiger partial charge >= 0.3 is 0 Å². The summed E-state index contributed by atoms with van der Waals surface area (Å²) in [6.07, 6.45) is 0. The van der Waals surface area contributed by atoms with Crippen LogP contribution >= 0.6 is 11.3 Å². The lowest BCUT2D eigenvalue weighted by Gasteiger charge is -2.35. The van der Waals surface area contributed by atoms with Crippen molar-refractivity contribution in [3.8, 4) is 11.5 Å². The number of nitrogens with zero attached hydrogens (tertiary/aromatic N) is 3. The molecule has 0 saturated carbocycles. The minimum absolute atomic E-state index is 0.203. The van der Waals surface area contributed by atoms with Crippen molar-refractivity contribution in [3.63, 3.8) is 0 Å². The van der Waals surface area contributed by atoms with Gasteiger partial charge in [0.2, 0.25) is 12.7 Å². The van der Waals surface area contributed by atoms with Crippen LogP contribution in [-0.2, 0) is 17.9 Å². The third kappa shape index (κ3) is 4.61. The highest BCUT2D eigenvalue weighted by molar-refractivity contribution is 7.09. The molecule has 1 fully saturated rings.